The van der Waals surface area contributed by atoms with E-state index in [-0.39, 0.29) is 28.6 Å². The van der Waals surface area contributed by atoms with Crippen molar-refractivity contribution in [1.29, 1.82) is 0 Å². The summed E-state index contributed by atoms with van der Waals surface area (Å²) in [4.78, 5) is 14.1. The van der Waals surface area contributed by atoms with Gasteiger partial charge in [0.15, 0.2) is 20.9 Å². The number of fused-ring (bicyclic) bond motifs is 3. The van der Waals surface area contributed by atoms with Crippen molar-refractivity contribution in [1.82, 2.24) is 0 Å². The molecule has 4 aliphatic carbocycles. The van der Waals surface area contributed by atoms with Gasteiger partial charge in [-0.25, -0.2) is 4.79 Å². The first kappa shape index (κ1) is 21.4. The molecule has 0 unspecified atom stereocenters. The zero-order valence-electron chi connectivity index (χ0n) is 20.1. The van der Waals surface area contributed by atoms with Crippen LogP contribution in [0.2, 0.25) is 0 Å². The third kappa shape index (κ3) is 3.48. The predicted octanol–water partition coefficient (Wildman–Crippen LogP) is 7.87. The van der Waals surface area contributed by atoms with E-state index in [2.05, 4.69) is 67.6 Å². The quantitative estimate of drug-likeness (QED) is 0.214. The molecule has 4 saturated carbocycles. The van der Waals surface area contributed by atoms with E-state index in [9.17, 15) is 4.79 Å². The van der Waals surface area contributed by atoms with Crippen LogP contribution in [0.4, 0.5) is 0 Å². The van der Waals surface area contributed by atoms with Crippen LogP contribution < -0.4 is 4.74 Å². The highest BCUT2D eigenvalue weighted by Gasteiger charge is 2.57. The Morgan fingerprint density at radius 2 is 1.34 bits per heavy atom. The molecule has 0 aliphatic heterocycles. The summed E-state index contributed by atoms with van der Waals surface area (Å²) in [6.07, 6.45) is 6.32. The Labute approximate surface area is 209 Å². The number of rotatable bonds is 5. The highest BCUT2D eigenvalue weighted by atomic mass is 32.2. The molecule has 4 fully saturated rings. The van der Waals surface area contributed by atoms with Gasteiger partial charge in [0.1, 0.15) is 11.4 Å². The van der Waals surface area contributed by atoms with Crippen molar-refractivity contribution >= 4 is 36.6 Å². The molecule has 1 heterocycles. The number of thiophene rings is 1. The van der Waals surface area contributed by atoms with Gasteiger partial charge in [-0.3, -0.25) is 0 Å². The molecule has 3 nitrogen and oxygen atoms in total. The average molecular weight is 484 g/mol. The topological polar surface area (TPSA) is 35.5 Å². The minimum atomic E-state index is -0.303. The van der Waals surface area contributed by atoms with Gasteiger partial charge in [0.2, 0.25) is 0 Å². The van der Waals surface area contributed by atoms with E-state index in [0.29, 0.717) is 17.6 Å². The number of ether oxygens (including phenoxy) is 2. The highest BCUT2D eigenvalue weighted by molar-refractivity contribution is 7.50. The maximum Gasteiger partial charge on any atom is 0.344 e. The van der Waals surface area contributed by atoms with E-state index in [4.69, 9.17) is 9.47 Å². The number of carbonyl (C=O) groups excluding carboxylic acids is 1. The van der Waals surface area contributed by atoms with Crippen molar-refractivity contribution in [3.63, 3.8) is 0 Å². The molecular formula is C31H31O3S+. The van der Waals surface area contributed by atoms with Crippen molar-refractivity contribution in [2.75, 3.05) is 6.61 Å². The molecule has 4 bridgehead atoms. The predicted molar refractivity (Wildman–Crippen MR) is 142 cm³/mol. The van der Waals surface area contributed by atoms with Crippen molar-refractivity contribution in [3.05, 3.63) is 72.8 Å². The smallest absolute Gasteiger partial charge is 0.344 e. The molecule has 0 amide bonds. The fourth-order valence-corrected chi connectivity index (χ4v) is 9.86. The van der Waals surface area contributed by atoms with Gasteiger partial charge in [-0.15, -0.1) is 0 Å². The number of benzene rings is 3. The molecular weight excluding hydrogens is 452 g/mol. The van der Waals surface area contributed by atoms with Gasteiger partial charge in [0.25, 0.3) is 0 Å². The zero-order chi connectivity index (χ0) is 23.6. The van der Waals surface area contributed by atoms with Crippen LogP contribution in [0.5, 0.6) is 5.75 Å². The maximum atomic E-state index is 12.8. The highest BCUT2D eigenvalue weighted by Crippen LogP contribution is 2.59. The van der Waals surface area contributed by atoms with Gasteiger partial charge in [-0.05, 0) is 99.1 Å². The van der Waals surface area contributed by atoms with Gasteiger partial charge in [0.05, 0.1) is 0 Å². The Morgan fingerprint density at radius 3 is 1.91 bits per heavy atom. The summed E-state index contributed by atoms with van der Waals surface area (Å²) in [6.45, 7) is 2.16. The Hall–Kier alpha value is -2.85. The number of carbonyl (C=O) groups is 1. The van der Waals surface area contributed by atoms with Gasteiger partial charge >= 0.3 is 5.97 Å². The first-order valence-electron chi connectivity index (χ1n) is 13.0. The van der Waals surface area contributed by atoms with Crippen LogP contribution in [-0.4, -0.2) is 18.2 Å². The number of esters is 1. The summed E-state index contributed by atoms with van der Waals surface area (Å²) < 4.78 is 14.8. The summed E-state index contributed by atoms with van der Waals surface area (Å²) >= 11 is 0. The van der Waals surface area contributed by atoms with Gasteiger partial charge in [-0.1, -0.05) is 24.3 Å². The second-order valence-corrected chi connectivity index (χ2v) is 13.0. The largest absolute Gasteiger partial charge is 0.482 e. The first-order valence-corrected chi connectivity index (χ1v) is 14.2. The second-order valence-electron chi connectivity index (χ2n) is 11.0. The average Bonchev–Trinajstić information content (AvgIpc) is 3.21. The Balaban J connectivity index is 1.07. The van der Waals surface area contributed by atoms with E-state index in [0.717, 1.165) is 11.8 Å². The molecule has 3 aromatic carbocycles. The molecule has 35 heavy (non-hydrogen) atoms. The van der Waals surface area contributed by atoms with E-state index >= 15 is 0 Å². The van der Waals surface area contributed by atoms with Crippen molar-refractivity contribution < 1.29 is 14.3 Å². The molecule has 4 aliphatic rings. The van der Waals surface area contributed by atoms with Crippen molar-refractivity contribution in [2.24, 2.45) is 23.7 Å². The van der Waals surface area contributed by atoms with Crippen LogP contribution in [0.1, 0.15) is 39.0 Å². The molecule has 0 spiro atoms. The van der Waals surface area contributed by atoms with Crippen LogP contribution >= 0.6 is 10.5 Å². The SMILES string of the molecule is CC1(OC(=O)COc2ccc(-[s+]3c4ccccc4c4ccccc43)cc2)C2CC3CC(C2)CC1C3. The van der Waals surface area contributed by atoms with E-state index < -0.39 is 0 Å². The summed E-state index contributed by atoms with van der Waals surface area (Å²) in [5.74, 6) is 3.26. The lowest BCUT2D eigenvalue weighted by Crippen LogP contribution is -2.58. The Bertz CT molecular complexity index is 1340. The van der Waals surface area contributed by atoms with Gasteiger partial charge < -0.3 is 9.47 Å². The summed E-state index contributed by atoms with van der Waals surface area (Å²) in [5, 5.41) is 2.65. The third-order valence-corrected chi connectivity index (χ3v) is 11.3. The minimum absolute atomic E-state index is 0.0292. The Morgan fingerprint density at radius 1 is 0.800 bits per heavy atom. The monoisotopic (exact) mass is 483 g/mol. The zero-order valence-corrected chi connectivity index (χ0v) is 20.9. The maximum absolute atomic E-state index is 12.8. The van der Waals surface area contributed by atoms with Gasteiger partial charge in [-0.2, -0.15) is 0 Å². The number of hydrogen-bond acceptors (Lipinski definition) is 3. The van der Waals surface area contributed by atoms with E-state index in [1.165, 1.54) is 57.2 Å². The normalized spacial score (nSPS) is 29.1. The fourth-order valence-electron chi connectivity index (χ4n) is 7.48. The molecule has 0 atom stereocenters. The summed E-state index contributed by atoms with van der Waals surface area (Å²) in [7, 11) is -0.122. The van der Waals surface area contributed by atoms with Crippen LogP contribution in [0, 0.1) is 23.7 Å². The standard InChI is InChI=1S/C31H31O3S/c1-31(22-15-20-14-21(17-22)18-23(31)16-20)34-30(32)19-33-24-10-12-25(13-11-24)35-28-8-4-2-6-26(28)27-7-3-5-9-29(27)35/h2-13,20-23H,14-19H2,1H3/q+1. The molecule has 178 valence electrons. The molecule has 4 heteroatoms. The minimum Gasteiger partial charge on any atom is -0.482 e. The molecule has 4 aromatic rings. The van der Waals surface area contributed by atoms with Crippen LogP contribution in [-0.2, 0) is 9.53 Å². The lowest BCUT2D eigenvalue weighted by Gasteiger charge is -2.59. The molecule has 0 radical (unpaired) electrons. The molecule has 0 N–H and O–H groups in total. The third-order valence-electron chi connectivity index (χ3n) is 9.01. The van der Waals surface area contributed by atoms with E-state index in [1.54, 1.807) is 0 Å². The van der Waals surface area contributed by atoms with Crippen LogP contribution in [0.15, 0.2) is 72.8 Å². The fraction of sp³-hybridized carbons (Fsp3) is 0.387. The molecule has 0 saturated heterocycles. The Kier molecular flexibility index (Phi) is 4.96. The molecule has 1 aromatic heterocycles. The van der Waals surface area contributed by atoms with E-state index in [1.807, 2.05) is 12.1 Å². The lowest BCUT2D eigenvalue weighted by atomic mass is 9.50. The number of hydrogen-bond donors (Lipinski definition) is 0. The summed E-state index contributed by atoms with van der Waals surface area (Å²) in [6, 6.07) is 25.6. The van der Waals surface area contributed by atoms with Crippen molar-refractivity contribution in [2.45, 2.75) is 44.6 Å². The first-order chi connectivity index (χ1) is 17.1. The summed E-state index contributed by atoms with van der Waals surface area (Å²) in [5.41, 5.74) is -0.303. The van der Waals surface area contributed by atoms with Crippen LogP contribution in [0.25, 0.3) is 25.1 Å². The lowest BCUT2D eigenvalue weighted by molar-refractivity contribution is -0.204. The van der Waals surface area contributed by atoms with Gasteiger partial charge in [0, 0.05) is 33.4 Å². The molecule has 8 rings (SSSR count). The second kappa shape index (κ2) is 8.09. The van der Waals surface area contributed by atoms with Crippen LogP contribution in [0.3, 0.4) is 0 Å². The van der Waals surface area contributed by atoms with Crippen molar-refractivity contribution in [3.8, 4) is 10.6 Å².